The molecular formula is C14H20. The summed E-state index contributed by atoms with van der Waals surface area (Å²) < 4.78 is 0. The van der Waals surface area contributed by atoms with Crippen LogP contribution in [0.3, 0.4) is 0 Å². The van der Waals surface area contributed by atoms with Gasteiger partial charge in [0.15, 0.2) is 0 Å². The van der Waals surface area contributed by atoms with Crippen molar-refractivity contribution in [3.05, 3.63) is 47.5 Å². The van der Waals surface area contributed by atoms with Crippen LogP contribution in [-0.2, 0) is 12.8 Å². The first-order valence-corrected chi connectivity index (χ1v) is 5.30. The first kappa shape index (κ1) is 11.0. The van der Waals surface area contributed by atoms with Gasteiger partial charge in [-0.1, -0.05) is 50.3 Å². The minimum atomic E-state index is 0.738. The summed E-state index contributed by atoms with van der Waals surface area (Å²) in [5.41, 5.74) is 4.03. The Bertz CT molecular complexity index is 290. The Kier molecular flexibility index (Phi) is 3.94. The van der Waals surface area contributed by atoms with Crippen LogP contribution in [0.5, 0.6) is 0 Å². The molecule has 0 saturated heterocycles. The molecule has 14 heavy (non-hydrogen) atoms. The summed E-state index contributed by atoms with van der Waals surface area (Å²) >= 11 is 0. The van der Waals surface area contributed by atoms with Crippen LogP contribution in [0.2, 0.25) is 0 Å². The second-order valence-electron chi connectivity index (χ2n) is 4.55. The molecule has 76 valence electrons. The minimum absolute atomic E-state index is 0.738. The van der Waals surface area contributed by atoms with E-state index in [1.807, 2.05) is 0 Å². The maximum atomic E-state index is 3.92. The van der Waals surface area contributed by atoms with Gasteiger partial charge in [0.25, 0.3) is 0 Å². The fraction of sp³-hybridized carbons (Fsp3) is 0.429. The summed E-state index contributed by atoms with van der Waals surface area (Å²) in [4.78, 5) is 0. The lowest BCUT2D eigenvalue weighted by molar-refractivity contribution is 0.647. The minimum Gasteiger partial charge on any atom is -0.0998 e. The predicted molar refractivity (Wildman–Crippen MR) is 63.5 cm³/mol. The number of benzene rings is 1. The van der Waals surface area contributed by atoms with Crippen LogP contribution < -0.4 is 0 Å². The van der Waals surface area contributed by atoms with Crippen molar-refractivity contribution in [3.63, 3.8) is 0 Å². The molecule has 0 heteroatoms. The molecule has 0 amide bonds. The van der Waals surface area contributed by atoms with Crippen LogP contribution in [0.25, 0.3) is 0 Å². The average Bonchev–Trinajstić information content (AvgIpc) is 2.06. The highest BCUT2D eigenvalue weighted by Gasteiger charge is 1.98. The molecular weight excluding hydrogens is 168 g/mol. The van der Waals surface area contributed by atoms with E-state index in [0.29, 0.717) is 0 Å². The Morgan fingerprint density at radius 3 is 2.07 bits per heavy atom. The smallest absolute Gasteiger partial charge is 0.00726 e. The molecule has 0 heterocycles. The van der Waals surface area contributed by atoms with E-state index in [9.17, 15) is 0 Å². The van der Waals surface area contributed by atoms with E-state index in [2.05, 4.69) is 51.6 Å². The monoisotopic (exact) mass is 188 g/mol. The highest BCUT2D eigenvalue weighted by Crippen LogP contribution is 2.11. The van der Waals surface area contributed by atoms with Gasteiger partial charge in [-0.05, 0) is 36.8 Å². The third-order valence-corrected chi connectivity index (χ3v) is 2.17. The standard InChI is InChI=1S/C14H20/c1-11(2)9-13-5-7-14(8-6-13)10-12(3)4/h5-8,12H,1,9-10H2,2-4H3. The van der Waals surface area contributed by atoms with Gasteiger partial charge >= 0.3 is 0 Å². The molecule has 0 bridgehead atoms. The molecule has 0 radical (unpaired) electrons. The van der Waals surface area contributed by atoms with Crippen LogP contribution in [0.4, 0.5) is 0 Å². The highest BCUT2D eigenvalue weighted by molar-refractivity contribution is 5.25. The summed E-state index contributed by atoms with van der Waals surface area (Å²) in [7, 11) is 0. The number of rotatable bonds is 4. The van der Waals surface area contributed by atoms with Gasteiger partial charge in [0.2, 0.25) is 0 Å². The number of hydrogen-bond acceptors (Lipinski definition) is 0. The third kappa shape index (κ3) is 3.78. The van der Waals surface area contributed by atoms with E-state index >= 15 is 0 Å². The topological polar surface area (TPSA) is 0 Å². The second-order valence-corrected chi connectivity index (χ2v) is 4.55. The number of hydrogen-bond donors (Lipinski definition) is 0. The van der Waals surface area contributed by atoms with Gasteiger partial charge < -0.3 is 0 Å². The highest BCUT2D eigenvalue weighted by atomic mass is 14.0. The largest absolute Gasteiger partial charge is 0.0998 e. The average molecular weight is 188 g/mol. The lowest BCUT2D eigenvalue weighted by atomic mass is 10.00. The molecule has 1 aromatic rings. The Morgan fingerprint density at radius 2 is 1.64 bits per heavy atom. The zero-order chi connectivity index (χ0) is 10.6. The summed E-state index contributed by atoms with van der Waals surface area (Å²) in [6.07, 6.45) is 2.18. The predicted octanol–water partition coefficient (Wildman–Crippen LogP) is 4.00. The third-order valence-electron chi connectivity index (χ3n) is 2.17. The first-order chi connectivity index (χ1) is 6.58. The van der Waals surface area contributed by atoms with Crippen molar-refractivity contribution in [1.82, 2.24) is 0 Å². The molecule has 1 aromatic carbocycles. The van der Waals surface area contributed by atoms with Crippen molar-refractivity contribution in [3.8, 4) is 0 Å². The van der Waals surface area contributed by atoms with Crippen LogP contribution in [0.15, 0.2) is 36.4 Å². The Labute approximate surface area is 87.7 Å². The SMILES string of the molecule is C=C(C)Cc1ccc(CC(C)C)cc1. The van der Waals surface area contributed by atoms with Crippen LogP contribution >= 0.6 is 0 Å². The molecule has 1 rings (SSSR count). The van der Waals surface area contributed by atoms with E-state index in [-0.39, 0.29) is 0 Å². The van der Waals surface area contributed by atoms with Gasteiger partial charge in [-0.25, -0.2) is 0 Å². The van der Waals surface area contributed by atoms with E-state index in [4.69, 9.17) is 0 Å². The normalized spacial score (nSPS) is 10.6. The molecule has 0 spiro atoms. The molecule has 0 saturated carbocycles. The first-order valence-electron chi connectivity index (χ1n) is 5.30. The van der Waals surface area contributed by atoms with Crippen LogP contribution in [-0.4, -0.2) is 0 Å². The Morgan fingerprint density at radius 1 is 1.14 bits per heavy atom. The molecule has 0 unspecified atom stereocenters. The zero-order valence-corrected chi connectivity index (χ0v) is 9.51. The lowest BCUT2D eigenvalue weighted by Gasteiger charge is -2.06. The molecule has 0 atom stereocenters. The zero-order valence-electron chi connectivity index (χ0n) is 9.51. The Balaban J connectivity index is 2.63. The van der Waals surface area contributed by atoms with E-state index < -0.39 is 0 Å². The van der Waals surface area contributed by atoms with Gasteiger partial charge in [0, 0.05) is 0 Å². The summed E-state index contributed by atoms with van der Waals surface area (Å²) in [5, 5.41) is 0. The fourth-order valence-corrected chi connectivity index (χ4v) is 1.61. The molecule has 0 fully saturated rings. The van der Waals surface area contributed by atoms with Crippen molar-refractivity contribution < 1.29 is 0 Å². The van der Waals surface area contributed by atoms with Crippen molar-refractivity contribution in [2.45, 2.75) is 33.6 Å². The number of allylic oxidation sites excluding steroid dienone is 1. The lowest BCUT2D eigenvalue weighted by Crippen LogP contribution is -1.94. The van der Waals surface area contributed by atoms with Crippen LogP contribution in [0.1, 0.15) is 31.9 Å². The van der Waals surface area contributed by atoms with Crippen molar-refractivity contribution >= 4 is 0 Å². The fourth-order valence-electron chi connectivity index (χ4n) is 1.61. The van der Waals surface area contributed by atoms with Crippen LogP contribution in [0, 0.1) is 5.92 Å². The second kappa shape index (κ2) is 4.99. The summed E-state index contributed by atoms with van der Waals surface area (Å²) in [5.74, 6) is 0.738. The van der Waals surface area contributed by atoms with Gasteiger partial charge in [0.1, 0.15) is 0 Å². The molecule has 0 N–H and O–H groups in total. The molecule has 0 aliphatic carbocycles. The van der Waals surface area contributed by atoms with E-state index in [1.54, 1.807) is 0 Å². The summed E-state index contributed by atoms with van der Waals surface area (Å²) in [6, 6.07) is 8.90. The van der Waals surface area contributed by atoms with Gasteiger partial charge in [-0.15, -0.1) is 0 Å². The quantitative estimate of drug-likeness (QED) is 0.626. The Hall–Kier alpha value is -1.04. The van der Waals surface area contributed by atoms with E-state index in [1.165, 1.54) is 23.1 Å². The van der Waals surface area contributed by atoms with Gasteiger partial charge in [-0.2, -0.15) is 0 Å². The maximum Gasteiger partial charge on any atom is -0.00726 e. The van der Waals surface area contributed by atoms with Crippen molar-refractivity contribution in [2.75, 3.05) is 0 Å². The van der Waals surface area contributed by atoms with Crippen molar-refractivity contribution in [2.24, 2.45) is 5.92 Å². The molecule has 0 aromatic heterocycles. The molecule has 0 aliphatic heterocycles. The van der Waals surface area contributed by atoms with Crippen molar-refractivity contribution in [1.29, 1.82) is 0 Å². The van der Waals surface area contributed by atoms with Gasteiger partial charge in [-0.3, -0.25) is 0 Å². The van der Waals surface area contributed by atoms with Gasteiger partial charge in [0.05, 0.1) is 0 Å². The van der Waals surface area contributed by atoms with E-state index in [0.717, 1.165) is 12.3 Å². The summed E-state index contributed by atoms with van der Waals surface area (Å²) in [6.45, 7) is 10.5. The molecule has 0 aliphatic rings. The molecule has 0 nitrogen and oxygen atoms in total. The maximum absolute atomic E-state index is 3.92.